The first kappa shape index (κ1) is 17.6. The fraction of sp³-hybridized carbons (Fsp3) is 0.429. The zero-order chi connectivity index (χ0) is 16.2. The van der Waals surface area contributed by atoms with Crippen molar-refractivity contribution in [1.82, 2.24) is 5.32 Å². The van der Waals surface area contributed by atoms with Gasteiger partial charge < -0.3 is 15.2 Å². The minimum atomic E-state index is -1.08. The zero-order valence-electron chi connectivity index (χ0n) is 11.9. The molecule has 0 saturated heterocycles. The van der Waals surface area contributed by atoms with Crippen molar-refractivity contribution < 1.29 is 19.4 Å². The van der Waals surface area contributed by atoms with Crippen molar-refractivity contribution >= 4 is 35.1 Å². The second kappa shape index (κ2) is 7.52. The van der Waals surface area contributed by atoms with Gasteiger partial charge in [-0.25, -0.2) is 4.79 Å². The second-order valence-electron chi connectivity index (χ2n) is 4.65. The Balaban J connectivity index is 3.01. The minimum absolute atomic E-state index is 0.181. The number of carbonyl (C=O) groups is 2. The predicted molar refractivity (Wildman–Crippen MR) is 81.4 cm³/mol. The lowest BCUT2D eigenvalue weighted by Gasteiger charge is -2.20. The van der Waals surface area contributed by atoms with Crippen LogP contribution in [0.25, 0.3) is 0 Å². The van der Waals surface area contributed by atoms with Gasteiger partial charge in [-0.1, -0.05) is 43.5 Å². The lowest BCUT2D eigenvalue weighted by molar-refractivity contribution is -0.140. The van der Waals surface area contributed by atoms with E-state index in [0.29, 0.717) is 6.42 Å². The first-order chi connectivity index (χ1) is 9.81. The van der Waals surface area contributed by atoms with E-state index >= 15 is 0 Å². The number of carboxylic acids is 1. The van der Waals surface area contributed by atoms with E-state index in [-0.39, 0.29) is 27.3 Å². The summed E-state index contributed by atoms with van der Waals surface area (Å²) in [6.07, 6.45) is 0.626. The number of hydrogen-bond donors (Lipinski definition) is 2. The number of ether oxygens (including phenoxy) is 1. The predicted octanol–water partition coefficient (Wildman–Crippen LogP) is 3.23. The maximum Gasteiger partial charge on any atom is 0.326 e. The Bertz CT molecular complexity index is 525. The van der Waals surface area contributed by atoms with Gasteiger partial charge in [-0.05, 0) is 18.1 Å². The smallest absolute Gasteiger partial charge is 0.326 e. The molecule has 2 atom stereocenters. The van der Waals surface area contributed by atoms with Gasteiger partial charge in [0.15, 0.2) is 5.75 Å². The third kappa shape index (κ3) is 4.25. The van der Waals surface area contributed by atoms with Crippen LogP contribution in [0.4, 0.5) is 0 Å². The molecule has 0 spiro atoms. The molecule has 1 amide bonds. The molecule has 116 valence electrons. The molecule has 0 bridgehead atoms. The van der Waals surface area contributed by atoms with Crippen molar-refractivity contribution in [2.24, 2.45) is 5.92 Å². The van der Waals surface area contributed by atoms with E-state index in [2.05, 4.69) is 5.32 Å². The molecule has 21 heavy (non-hydrogen) atoms. The molecule has 0 heterocycles. The van der Waals surface area contributed by atoms with Crippen LogP contribution in [-0.4, -0.2) is 30.1 Å². The summed E-state index contributed by atoms with van der Waals surface area (Å²) in [6.45, 7) is 3.61. The van der Waals surface area contributed by atoms with E-state index in [4.69, 9.17) is 27.9 Å². The van der Waals surface area contributed by atoms with Crippen molar-refractivity contribution in [3.05, 3.63) is 27.7 Å². The molecule has 0 fully saturated rings. The Kier molecular flexibility index (Phi) is 6.30. The van der Waals surface area contributed by atoms with Crippen molar-refractivity contribution in [3.8, 4) is 5.75 Å². The summed E-state index contributed by atoms with van der Waals surface area (Å²) in [4.78, 5) is 23.4. The highest BCUT2D eigenvalue weighted by atomic mass is 35.5. The number of benzene rings is 1. The Hall–Kier alpha value is -1.46. The van der Waals surface area contributed by atoms with Crippen molar-refractivity contribution in [3.63, 3.8) is 0 Å². The summed E-state index contributed by atoms with van der Waals surface area (Å²) in [5.41, 5.74) is 0.181. The maximum absolute atomic E-state index is 12.2. The van der Waals surface area contributed by atoms with Crippen molar-refractivity contribution in [2.75, 3.05) is 7.11 Å². The molecule has 7 heteroatoms. The lowest BCUT2D eigenvalue weighted by Crippen LogP contribution is -2.45. The molecule has 0 radical (unpaired) electrons. The van der Waals surface area contributed by atoms with Crippen LogP contribution in [0.5, 0.6) is 5.75 Å². The number of halogens is 2. The van der Waals surface area contributed by atoms with Crippen LogP contribution in [0.1, 0.15) is 30.6 Å². The molecule has 0 aliphatic rings. The van der Waals surface area contributed by atoms with E-state index in [0.717, 1.165) is 0 Å². The molecule has 0 aliphatic carbocycles. The number of amides is 1. The van der Waals surface area contributed by atoms with Gasteiger partial charge in [-0.3, -0.25) is 4.79 Å². The van der Waals surface area contributed by atoms with Crippen molar-refractivity contribution in [1.29, 1.82) is 0 Å². The molecular weight excluding hydrogens is 317 g/mol. The molecule has 0 aromatic heterocycles. The SMILES string of the molecule is CCC(C)[C@H](NC(=O)c1cc(Cl)c(OC)c(Cl)c1)C(=O)O. The van der Waals surface area contributed by atoms with Gasteiger partial charge in [-0.2, -0.15) is 0 Å². The van der Waals surface area contributed by atoms with Gasteiger partial charge in [0.05, 0.1) is 17.2 Å². The average molecular weight is 334 g/mol. The van der Waals surface area contributed by atoms with Gasteiger partial charge in [0.25, 0.3) is 5.91 Å². The average Bonchev–Trinajstić information content (AvgIpc) is 2.42. The zero-order valence-corrected chi connectivity index (χ0v) is 13.5. The van der Waals surface area contributed by atoms with Crippen LogP contribution in [0, 0.1) is 5.92 Å². The van der Waals surface area contributed by atoms with Crippen LogP contribution >= 0.6 is 23.2 Å². The number of hydrogen-bond acceptors (Lipinski definition) is 3. The van der Waals surface area contributed by atoms with E-state index < -0.39 is 17.9 Å². The number of carboxylic acid groups (broad SMARTS) is 1. The molecular formula is C14H17Cl2NO4. The summed E-state index contributed by atoms with van der Waals surface area (Å²) in [6, 6.07) is 1.80. The summed E-state index contributed by atoms with van der Waals surface area (Å²) in [5, 5.41) is 12.0. The van der Waals surface area contributed by atoms with Crippen molar-refractivity contribution in [2.45, 2.75) is 26.3 Å². The Labute approximate surface area is 133 Å². The highest BCUT2D eigenvalue weighted by molar-refractivity contribution is 6.37. The molecule has 1 aromatic carbocycles. The van der Waals surface area contributed by atoms with Gasteiger partial charge in [0, 0.05) is 5.56 Å². The first-order valence-electron chi connectivity index (χ1n) is 6.38. The third-order valence-corrected chi connectivity index (χ3v) is 3.79. The van der Waals surface area contributed by atoms with Crippen LogP contribution in [-0.2, 0) is 4.79 Å². The number of rotatable bonds is 6. The van der Waals surface area contributed by atoms with Crippen LogP contribution < -0.4 is 10.1 Å². The summed E-state index contributed by atoms with van der Waals surface area (Å²) >= 11 is 11.9. The van der Waals surface area contributed by atoms with Crippen LogP contribution in [0.3, 0.4) is 0 Å². The Morgan fingerprint density at radius 3 is 2.24 bits per heavy atom. The number of carbonyl (C=O) groups excluding carboxylic acids is 1. The molecule has 1 rings (SSSR count). The second-order valence-corrected chi connectivity index (χ2v) is 5.46. The largest absolute Gasteiger partial charge is 0.494 e. The highest BCUT2D eigenvalue weighted by Gasteiger charge is 2.26. The van der Waals surface area contributed by atoms with Gasteiger partial charge in [0.2, 0.25) is 0 Å². The quantitative estimate of drug-likeness (QED) is 0.837. The number of methoxy groups -OCH3 is 1. The number of nitrogens with one attached hydrogen (secondary N) is 1. The van der Waals surface area contributed by atoms with E-state index in [9.17, 15) is 14.7 Å². The normalized spacial score (nSPS) is 13.4. The number of aliphatic carboxylic acids is 1. The highest BCUT2D eigenvalue weighted by Crippen LogP contribution is 2.33. The molecule has 2 N–H and O–H groups in total. The van der Waals surface area contributed by atoms with E-state index in [1.807, 2.05) is 6.92 Å². The Morgan fingerprint density at radius 1 is 1.33 bits per heavy atom. The molecule has 1 unspecified atom stereocenters. The van der Waals surface area contributed by atoms with Crippen LogP contribution in [0.2, 0.25) is 10.0 Å². The topological polar surface area (TPSA) is 75.6 Å². The molecule has 0 saturated carbocycles. The Morgan fingerprint density at radius 2 is 1.86 bits per heavy atom. The molecule has 5 nitrogen and oxygen atoms in total. The fourth-order valence-electron chi connectivity index (χ4n) is 1.79. The minimum Gasteiger partial charge on any atom is -0.494 e. The summed E-state index contributed by atoms with van der Waals surface area (Å²) in [7, 11) is 1.41. The molecule has 0 aliphatic heterocycles. The van der Waals surface area contributed by atoms with E-state index in [1.165, 1.54) is 19.2 Å². The maximum atomic E-state index is 12.2. The fourth-order valence-corrected chi connectivity index (χ4v) is 2.44. The van der Waals surface area contributed by atoms with Gasteiger partial charge in [0.1, 0.15) is 6.04 Å². The lowest BCUT2D eigenvalue weighted by atomic mass is 9.99. The van der Waals surface area contributed by atoms with Gasteiger partial charge >= 0.3 is 5.97 Å². The third-order valence-electron chi connectivity index (χ3n) is 3.23. The summed E-state index contributed by atoms with van der Waals surface area (Å²) in [5.74, 6) is -1.56. The van der Waals surface area contributed by atoms with Gasteiger partial charge in [-0.15, -0.1) is 0 Å². The van der Waals surface area contributed by atoms with Crippen LogP contribution in [0.15, 0.2) is 12.1 Å². The van der Waals surface area contributed by atoms with E-state index in [1.54, 1.807) is 6.92 Å². The first-order valence-corrected chi connectivity index (χ1v) is 7.14. The summed E-state index contributed by atoms with van der Waals surface area (Å²) < 4.78 is 5.00. The monoisotopic (exact) mass is 333 g/mol. The molecule has 1 aromatic rings. The standard InChI is InChI=1S/C14H17Cl2NO4/c1-4-7(2)11(14(19)20)17-13(18)8-5-9(15)12(21-3)10(16)6-8/h5-7,11H,4H2,1-3H3,(H,17,18)(H,19,20)/t7?,11-/m0/s1.